The van der Waals surface area contributed by atoms with Gasteiger partial charge < -0.3 is 11.1 Å². The number of anilines is 1. The number of pyridine rings is 2. The predicted octanol–water partition coefficient (Wildman–Crippen LogP) is 1.60. The summed E-state index contributed by atoms with van der Waals surface area (Å²) in [5.41, 5.74) is 7.36. The third-order valence-electron chi connectivity index (χ3n) is 4.48. The standard InChI is InChI=1S/C19H21N5O2/c1-4-9-21-18(25)13-11-14-17(24(16(13)20)12(3)5-2)22-15-8-6-7-10-23(15)19(14)26/h4,6-8,10-12,20H,1,5,9H2,2-3H3,(H,21,25)/p+1/t12-/m1/s1. The van der Waals surface area contributed by atoms with E-state index in [1.54, 1.807) is 29.0 Å². The van der Waals surface area contributed by atoms with E-state index in [2.05, 4.69) is 16.9 Å². The van der Waals surface area contributed by atoms with E-state index < -0.39 is 0 Å². The van der Waals surface area contributed by atoms with Gasteiger partial charge in [0.05, 0.1) is 6.04 Å². The maximum absolute atomic E-state index is 13.0. The molecule has 0 aliphatic carbocycles. The first-order valence-corrected chi connectivity index (χ1v) is 8.53. The number of rotatable bonds is 5. The molecule has 1 amide bonds. The van der Waals surface area contributed by atoms with E-state index in [9.17, 15) is 9.59 Å². The molecule has 3 heterocycles. The van der Waals surface area contributed by atoms with Crippen molar-refractivity contribution in [3.63, 3.8) is 0 Å². The number of nitrogens with two attached hydrogens (primary N) is 1. The first kappa shape index (κ1) is 17.6. The van der Waals surface area contributed by atoms with Gasteiger partial charge in [0.1, 0.15) is 10.9 Å². The molecule has 0 saturated heterocycles. The highest BCUT2D eigenvalue weighted by molar-refractivity contribution is 6.00. The van der Waals surface area contributed by atoms with Gasteiger partial charge in [0.25, 0.3) is 17.1 Å². The monoisotopic (exact) mass is 352 g/mol. The average molecular weight is 352 g/mol. The number of nitrogen functional groups attached to an aromatic ring is 1. The molecule has 3 N–H and O–H groups in total. The van der Waals surface area contributed by atoms with Crippen molar-refractivity contribution in [3.05, 3.63) is 59.0 Å². The summed E-state index contributed by atoms with van der Waals surface area (Å²) in [6.07, 6.45) is 4.02. The molecule has 3 rings (SSSR count). The number of nitrogens with zero attached hydrogens (tertiary/aromatic N) is 3. The van der Waals surface area contributed by atoms with Gasteiger partial charge in [-0.3, -0.25) is 14.0 Å². The Balaban J connectivity index is 2.41. The molecule has 0 unspecified atom stereocenters. The van der Waals surface area contributed by atoms with Crippen molar-refractivity contribution in [2.45, 2.75) is 26.3 Å². The molecule has 3 aromatic heterocycles. The van der Waals surface area contributed by atoms with Gasteiger partial charge in [0.2, 0.25) is 11.5 Å². The Morgan fingerprint density at radius 2 is 2.27 bits per heavy atom. The molecule has 26 heavy (non-hydrogen) atoms. The summed E-state index contributed by atoms with van der Waals surface area (Å²) in [5.74, 6) is -0.0560. The number of fused-ring (bicyclic) bond motifs is 2. The van der Waals surface area contributed by atoms with Crippen molar-refractivity contribution in [1.29, 1.82) is 0 Å². The maximum atomic E-state index is 13.0. The topological polar surface area (TPSA) is 93.4 Å². The highest BCUT2D eigenvalue weighted by Gasteiger charge is 2.26. The van der Waals surface area contributed by atoms with Gasteiger partial charge in [-0.2, -0.15) is 0 Å². The van der Waals surface area contributed by atoms with Gasteiger partial charge in [0.15, 0.2) is 0 Å². The number of aromatic nitrogens is 3. The number of carbonyl (C=O) groups excluding carboxylic acids is 1. The molecule has 0 aliphatic rings. The average Bonchev–Trinajstić information content (AvgIpc) is 2.65. The van der Waals surface area contributed by atoms with E-state index in [1.807, 2.05) is 19.9 Å². The van der Waals surface area contributed by atoms with Crippen LogP contribution in [0.4, 0.5) is 5.82 Å². The summed E-state index contributed by atoms with van der Waals surface area (Å²) in [6, 6.07) is 6.85. The molecular weight excluding hydrogens is 330 g/mol. The molecule has 134 valence electrons. The quantitative estimate of drug-likeness (QED) is 0.414. The Kier molecular flexibility index (Phi) is 4.71. The van der Waals surface area contributed by atoms with Crippen LogP contribution in [0.3, 0.4) is 0 Å². The Bertz CT molecular complexity index is 1070. The van der Waals surface area contributed by atoms with Gasteiger partial charge in [0, 0.05) is 12.7 Å². The summed E-state index contributed by atoms with van der Waals surface area (Å²) in [6.45, 7) is 7.90. The number of hydrogen-bond donors (Lipinski definition) is 2. The minimum Gasteiger partial charge on any atom is -0.348 e. The molecule has 0 aliphatic heterocycles. The highest BCUT2D eigenvalue weighted by atomic mass is 16.1. The fourth-order valence-corrected chi connectivity index (χ4v) is 2.93. The Labute approximate surface area is 150 Å². The summed E-state index contributed by atoms with van der Waals surface area (Å²) in [5, 5.41) is 3.07. The van der Waals surface area contributed by atoms with Crippen molar-refractivity contribution >= 4 is 28.4 Å². The van der Waals surface area contributed by atoms with Crippen LogP contribution >= 0.6 is 0 Å². The third kappa shape index (κ3) is 2.81. The van der Waals surface area contributed by atoms with Gasteiger partial charge in [-0.05, 0) is 31.5 Å². The minimum absolute atomic E-state index is 0.0253. The van der Waals surface area contributed by atoms with Crippen LogP contribution in [-0.4, -0.2) is 21.8 Å². The normalized spacial score (nSPS) is 12.2. The summed E-state index contributed by atoms with van der Waals surface area (Å²) in [7, 11) is 0. The Hall–Kier alpha value is -3.22. The van der Waals surface area contributed by atoms with E-state index in [0.29, 0.717) is 29.0 Å². The van der Waals surface area contributed by atoms with Crippen LogP contribution in [0.1, 0.15) is 36.7 Å². The molecular formula is C19H22N5O2+. The van der Waals surface area contributed by atoms with Crippen LogP contribution in [0.15, 0.2) is 47.9 Å². The zero-order chi connectivity index (χ0) is 18.8. The van der Waals surface area contributed by atoms with E-state index in [1.165, 1.54) is 10.5 Å². The summed E-state index contributed by atoms with van der Waals surface area (Å²) >= 11 is 0. The van der Waals surface area contributed by atoms with E-state index in [-0.39, 0.29) is 23.1 Å². The Morgan fingerprint density at radius 3 is 2.96 bits per heavy atom. The molecule has 0 fully saturated rings. The van der Waals surface area contributed by atoms with Crippen LogP contribution in [0, 0.1) is 0 Å². The zero-order valence-electron chi connectivity index (χ0n) is 14.9. The second-order valence-electron chi connectivity index (χ2n) is 6.15. The second-order valence-corrected chi connectivity index (χ2v) is 6.15. The lowest BCUT2D eigenvalue weighted by atomic mass is 10.1. The van der Waals surface area contributed by atoms with Crippen molar-refractivity contribution in [3.8, 4) is 0 Å². The van der Waals surface area contributed by atoms with Gasteiger partial charge in [-0.15, -0.1) is 6.58 Å². The smallest absolute Gasteiger partial charge is 0.278 e. The SMILES string of the molecule is C=CCNC(=O)c1cc2c(=O)n3ccccc3nc2[n+]([C@H](C)CC)c1N. The van der Waals surface area contributed by atoms with E-state index in [0.717, 1.165) is 6.42 Å². The highest BCUT2D eigenvalue weighted by Crippen LogP contribution is 2.18. The third-order valence-corrected chi connectivity index (χ3v) is 4.48. The van der Waals surface area contributed by atoms with E-state index in [4.69, 9.17) is 5.73 Å². The Morgan fingerprint density at radius 1 is 1.50 bits per heavy atom. The number of amides is 1. The van der Waals surface area contributed by atoms with Crippen molar-refractivity contribution in [2.75, 3.05) is 12.3 Å². The molecule has 0 bridgehead atoms. The molecule has 7 nitrogen and oxygen atoms in total. The van der Waals surface area contributed by atoms with Gasteiger partial charge in [-0.25, -0.2) is 4.57 Å². The lowest BCUT2D eigenvalue weighted by Crippen LogP contribution is -2.45. The molecule has 0 saturated carbocycles. The van der Waals surface area contributed by atoms with Crippen LogP contribution in [0.5, 0.6) is 0 Å². The molecule has 1 atom stereocenters. The molecule has 0 spiro atoms. The fraction of sp³-hybridized carbons (Fsp3) is 0.263. The van der Waals surface area contributed by atoms with Crippen molar-refractivity contribution < 1.29 is 9.36 Å². The number of carbonyl (C=O) groups is 1. The maximum Gasteiger partial charge on any atom is 0.278 e. The van der Waals surface area contributed by atoms with Crippen LogP contribution in [0.25, 0.3) is 16.7 Å². The lowest BCUT2D eigenvalue weighted by molar-refractivity contribution is -0.683. The van der Waals surface area contributed by atoms with Crippen LogP contribution in [0.2, 0.25) is 0 Å². The van der Waals surface area contributed by atoms with Crippen molar-refractivity contribution in [1.82, 2.24) is 14.7 Å². The first-order valence-electron chi connectivity index (χ1n) is 8.53. The number of hydrogen-bond acceptors (Lipinski definition) is 4. The molecule has 0 aromatic carbocycles. The van der Waals surface area contributed by atoms with Gasteiger partial charge in [-0.1, -0.05) is 24.1 Å². The molecule has 7 heteroatoms. The van der Waals surface area contributed by atoms with Gasteiger partial charge >= 0.3 is 0 Å². The zero-order valence-corrected chi connectivity index (χ0v) is 14.9. The predicted molar refractivity (Wildman–Crippen MR) is 101 cm³/mol. The van der Waals surface area contributed by atoms with E-state index >= 15 is 0 Å². The first-order chi connectivity index (χ1) is 12.5. The van der Waals surface area contributed by atoms with Crippen molar-refractivity contribution in [2.24, 2.45) is 0 Å². The molecule has 3 aromatic rings. The second kappa shape index (κ2) is 6.95. The summed E-state index contributed by atoms with van der Waals surface area (Å²) < 4.78 is 3.23. The number of nitrogens with one attached hydrogen (secondary N) is 1. The largest absolute Gasteiger partial charge is 0.348 e. The van der Waals surface area contributed by atoms with Crippen LogP contribution < -0.4 is 21.2 Å². The van der Waals surface area contributed by atoms with Crippen LogP contribution in [-0.2, 0) is 0 Å². The molecule has 0 radical (unpaired) electrons. The summed E-state index contributed by atoms with van der Waals surface area (Å²) in [4.78, 5) is 30.1. The fourth-order valence-electron chi connectivity index (χ4n) is 2.93. The minimum atomic E-state index is -0.348. The lowest BCUT2D eigenvalue weighted by Gasteiger charge is -2.16.